The minimum Gasteiger partial charge on any atom is -0.294 e. The Morgan fingerprint density at radius 3 is 2.47 bits per heavy atom. The van der Waals surface area contributed by atoms with E-state index in [1.165, 1.54) is 0 Å². The lowest BCUT2D eigenvalue weighted by atomic mass is 9.77. The minimum atomic E-state index is -0.150. The first-order valence-corrected chi connectivity index (χ1v) is 5.85. The molecule has 0 spiro atoms. The van der Waals surface area contributed by atoms with E-state index in [-0.39, 0.29) is 17.0 Å². The Labute approximate surface area is 101 Å². The summed E-state index contributed by atoms with van der Waals surface area (Å²) in [6, 6.07) is 8.98. The van der Waals surface area contributed by atoms with Gasteiger partial charge in [-0.2, -0.15) is 0 Å². The maximum Gasteiger partial charge on any atom is 0.196 e. The average molecular weight is 228 g/mol. The van der Waals surface area contributed by atoms with E-state index in [1.54, 1.807) is 12.1 Å². The van der Waals surface area contributed by atoms with Crippen LogP contribution in [0.1, 0.15) is 37.0 Å². The molecule has 1 aromatic carbocycles. The van der Waals surface area contributed by atoms with Gasteiger partial charge in [-0.05, 0) is 11.8 Å². The predicted molar refractivity (Wildman–Crippen MR) is 66.9 cm³/mol. The molecule has 1 aromatic rings. The molecular weight excluding hydrogens is 212 g/mol. The molecule has 17 heavy (non-hydrogen) atoms. The van der Waals surface area contributed by atoms with Crippen molar-refractivity contribution in [3.05, 3.63) is 47.5 Å². The summed E-state index contributed by atoms with van der Waals surface area (Å²) in [6.07, 6.45) is 3.11. The molecule has 0 bridgehead atoms. The molecule has 2 rings (SSSR count). The van der Waals surface area contributed by atoms with Crippen LogP contribution in [0.25, 0.3) is 0 Å². The first-order valence-electron chi connectivity index (χ1n) is 5.85. The second-order valence-corrected chi connectivity index (χ2v) is 5.16. The third kappa shape index (κ3) is 2.52. The number of hydrogen-bond acceptors (Lipinski definition) is 2. The summed E-state index contributed by atoms with van der Waals surface area (Å²) in [5.74, 6) is -0.179. The van der Waals surface area contributed by atoms with Gasteiger partial charge in [-0.25, -0.2) is 0 Å². The van der Waals surface area contributed by atoms with Crippen LogP contribution in [0.2, 0.25) is 0 Å². The van der Waals surface area contributed by atoms with Gasteiger partial charge in [-0.3, -0.25) is 9.59 Å². The Kier molecular flexibility index (Phi) is 2.97. The Balaban J connectivity index is 2.37. The highest BCUT2D eigenvalue weighted by molar-refractivity contribution is 6.26. The molecule has 2 nitrogen and oxygen atoms in total. The summed E-state index contributed by atoms with van der Waals surface area (Å²) in [6.45, 7) is 4.11. The second-order valence-electron chi connectivity index (χ2n) is 5.16. The molecule has 0 aliphatic heterocycles. The largest absolute Gasteiger partial charge is 0.294 e. The lowest BCUT2D eigenvalue weighted by Gasteiger charge is -2.25. The predicted octanol–water partition coefficient (Wildman–Crippen LogP) is 3.18. The van der Waals surface area contributed by atoms with E-state index in [4.69, 9.17) is 0 Å². The first kappa shape index (κ1) is 11.8. The molecule has 1 aliphatic rings. The molecular formula is C15H16O2. The van der Waals surface area contributed by atoms with Crippen molar-refractivity contribution in [3.8, 4) is 0 Å². The monoisotopic (exact) mass is 228 g/mol. The molecule has 0 radical (unpaired) electrons. The highest BCUT2D eigenvalue weighted by Crippen LogP contribution is 2.32. The van der Waals surface area contributed by atoms with E-state index in [0.717, 1.165) is 6.42 Å². The number of Topliss-reactive ketones (excluding diaryl/α,β-unsaturated/α-hetero) is 2. The van der Waals surface area contributed by atoms with Gasteiger partial charge in [-0.15, -0.1) is 0 Å². The SMILES string of the molecule is CC1(C)C=C(C(=O)c2ccccc2)C(=O)CC1. The van der Waals surface area contributed by atoms with Gasteiger partial charge in [0.15, 0.2) is 11.6 Å². The van der Waals surface area contributed by atoms with Crippen molar-refractivity contribution >= 4 is 11.6 Å². The van der Waals surface area contributed by atoms with Crippen LogP contribution >= 0.6 is 0 Å². The van der Waals surface area contributed by atoms with Crippen molar-refractivity contribution in [2.24, 2.45) is 5.41 Å². The van der Waals surface area contributed by atoms with Gasteiger partial charge in [0.1, 0.15) is 0 Å². The van der Waals surface area contributed by atoms with Crippen molar-refractivity contribution in [3.63, 3.8) is 0 Å². The number of carbonyl (C=O) groups excluding carboxylic acids is 2. The summed E-state index contributed by atoms with van der Waals surface area (Å²) < 4.78 is 0. The standard InChI is InChI=1S/C15H16O2/c1-15(2)9-8-13(16)12(10-15)14(17)11-6-4-3-5-7-11/h3-7,10H,8-9H2,1-2H3. The van der Waals surface area contributed by atoms with Crippen LogP contribution in [-0.4, -0.2) is 11.6 Å². The maximum atomic E-state index is 12.2. The Bertz CT molecular complexity index is 481. The first-order chi connectivity index (χ1) is 7.99. The second kappa shape index (κ2) is 4.28. The summed E-state index contributed by atoms with van der Waals surface area (Å²) in [4.78, 5) is 24.0. The highest BCUT2D eigenvalue weighted by atomic mass is 16.1. The Morgan fingerprint density at radius 2 is 1.82 bits per heavy atom. The van der Waals surface area contributed by atoms with Gasteiger partial charge in [0.05, 0.1) is 5.57 Å². The van der Waals surface area contributed by atoms with Crippen molar-refractivity contribution in [2.75, 3.05) is 0 Å². The molecule has 0 saturated carbocycles. The average Bonchev–Trinajstić information content (AvgIpc) is 2.33. The van der Waals surface area contributed by atoms with E-state index >= 15 is 0 Å². The molecule has 0 aromatic heterocycles. The number of carbonyl (C=O) groups is 2. The van der Waals surface area contributed by atoms with Crippen molar-refractivity contribution < 1.29 is 9.59 Å². The fraction of sp³-hybridized carbons (Fsp3) is 0.333. The van der Waals surface area contributed by atoms with E-state index in [2.05, 4.69) is 13.8 Å². The zero-order valence-electron chi connectivity index (χ0n) is 10.2. The number of rotatable bonds is 2. The smallest absolute Gasteiger partial charge is 0.196 e. The quantitative estimate of drug-likeness (QED) is 0.575. The molecule has 0 amide bonds. The zero-order valence-corrected chi connectivity index (χ0v) is 10.2. The van der Waals surface area contributed by atoms with Gasteiger partial charge in [0.25, 0.3) is 0 Å². The van der Waals surface area contributed by atoms with Crippen LogP contribution in [0.15, 0.2) is 42.0 Å². The molecule has 0 N–H and O–H groups in total. The summed E-state index contributed by atoms with van der Waals surface area (Å²) in [5.41, 5.74) is 0.880. The van der Waals surface area contributed by atoms with Crippen LogP contribution in [0.3, 0.4) is 0 Å². The number of benzene rings is 1. The maximum absolute atomic E-state index is 12.2. The van der Waals surface area contributed by atoms with Gasteiger partial charge in [0.2, 0.25) is 0 Å². The van der Waals surface area contributed by atoms with Gasteiger partial charge >= 0.3 is 0 Å². The lowest BCUT2D eigenvalue weighted by molar-refractivity contribution is -0.116. The molecule has 0 atom stereocenters. The van der Waals surface area contributed by atoms with Crippen LogP contribution in [-0.2, 0) is 4.79 Å². The lowest BCUT2D eigenvalue weighted by Crippen LogP contribution is -2.24. The van der Waals surface area contributed by atoms with Crippen LogP contribution in [0, 0.1) is 5.41 Å². The molecule has 0 saturated heterocycles. The molecule has 2 heteroatoms. The molecule has 1 aliphatic carbocycles. The van der Waals surface area contributed by atoms with Crippen molar-refractivity contribution in [1.82, 2.24) is 0 Å². The molecule has 0 unspecified atom stereocenters. The minimum absolute atomic E-state index is 0.0295. The van der Waals surface area contributed by atoms with Gasteiger partial charge in [-0.1, -0.05) is 50.3 Å². The van der Waals surface area contributed by atoms with Gasteiger partial charge in [0, 0.05) is 12.0 Å². The fourth-order valence-corrected chi connectivity index (χ4v) is 2.05. The number of ketones is 2. The third-order valence-electron chi connectivity index (χ3n) is 3.11. The number of hydrogen-bond donors (Lipinski definition) is 0. The summed E-state index contributed by atoms with van der Waals surface area (Å²) >= 11 is 0. The molecule has 0 heterocycles. The Morgan fingerprint density at radius 1 is 1.18 bits per heavy atom. The van der Waals surface area contributed by atoms with Crippen LogP contribution in [0.4, 0.5) is 0 Å². The van der Waals surface area contributed by atoms with E-state index in [9.17, 15) is 9.59 Å². The van der Waals surface area contributed by atoms with Gasteiger partial charge < -0.3 is 0 Å². The van der Waals surface area contributed by atoms with Crippen molar-refractivity contribution in [2.45, 2.75) is 26.7 Å². The van der Waals surface area contributed by atoms with Crippen LogP contribution < -0.4 is 0 Å². The topological polar surface area (TPSA) is 34.1 Å². The zero-order chi connectivity index (χ0) is 12.5. The van der Waals surface area contributed by atoms with Crippen molar-refractivity contribution in [1.29, 1.82) is 0 Å². The molecule has 0 fully saturated rings. The Hall–Kier alpha value is -1.70. The fourth-order valence-electron chi connectivity index (χ4n) is 2.05. The summed E-state index contributed by atoms with van der Waals surface area (Å²) in [5, 5.41) is 0. The third-order valence-corrected chi connectivity index (χ3v) is 3.11. The van der Waals surface area contributed by atoms with E-state index < -0.39 is 0 Å². The number of allylic oxidation sites excluding steroid dienone is 2. The van der Waals surface area contributed by atoms with E-state index in [0.29, 0.717) is 17.6 Å². The molecule has 88 valence electrons. The normalized spacial score (nSPS) is 18.7. The van der Waals surface area contributed by atoms with E-state index in [1.807, 2.05) is 24.3 Å². The van der Waals surface area contributed by atoms with Crippen LogP contribution in [0.5, 0.6) is 0 Å². The summed E-state index contributed by atoms with van der Waals surface area (Å²) in [7, 11) is 0. The highest BCUT2D eigenvalue weighted by Gasteiger charge is 2.29.